The van der Waals surface area contributed by atoms with Gasteiger partial charge in [0.15, 0.2) is 6.29 Å². The summed E-state index contributed by atoms with van der Waals surface area (Å²) >= 11 is 0. The number of hydrogen-bond acceptors (Lipinski definition) is 2. The molecule has 0 aliphatic carbocycles. The first-order chi connectivity index (χ1) is 7.71. The Morgan fingerprint density at radius 3 is 2.94 bits per heavy atom. The predicted octanol–water partition coefficient (Wildman–Crippen LogP) is 2.77. The minimum Gasteiger partial charge on any atom is -0.324 e. The molecule has 0 unspecified atom stereocenters. The first-order valence-electron chi connectivity index (χ1n) is 5.12. The predicted molar refractivity (Wildman–Crippen MR) is 65.3 cm³/mol. The average molecular weight is 216 g/mol. The summed E-state index contributed by atoms with van der Waals surface area (Å²) in [7, 11) is 0. The Balaban J connectivity index is 2.90. The van der Waals surface area contributed by atoms with Crippen LogP contribution in [0.3, 0.4) is 0 Å². The van der Waals surface area contributed by atoms with Gasteiger partial charge in [-0.15, -0.1) is 0 Å². The number of rotatable bonds is 5. The lowest BCUT2D eigenvalue weighted by Gasteiger charge is -2.05. The Labute approximate surface area is 95.8 Å². The van der Waals surface area contributed by atoms with E-state index < -0.39 is 0 Å². The van der Waals surface area contributed by atoms with Crippen LogP contribution in [0.5, 0.6) is 0 Å². The number of imidazole rings is 1. The molecule has 3 nitrogen and oxygen atoms in total. The molecule has 0 N–H and O–H groups in total. The zero-order valence-corrected chi connectivity index (χ0v) is 9.68. The number of nitrogens with zero attached hydrogens (tertiary/aromatic N) is 2. The molecule has 0 aliphatic heterocycles. The second-order valence-corrected chi connectivity index (χ2v) is 3.52. The van der Waals surface area contributed by atoms with Gasteiger partial charge in [-0.1, -0.05) is 30.4 Å². The highest BCUT2D eigenvalue weighted by Gasteiger charge is 2.01. The van der Waals surface area contributed by atoms with Crippen LogP contribution >= 0.6 is 0 Å². The molecule has 0 amide bonds. The lowest BCUT2D eigenvalue weighted by atomic mass is 10.1. The van der Waals surface area contributed by atoms with Crippen LogP contribution in [0, 0.1) is 0 Å². The van der Waals surface area contributed by atoms with E-state index in [4.69, 9.17) is 0 Å². The maximum absolute atomic E-state index is 10.7. The number of carbonyl (C=O) groups excluding carboxylic acids is 1. The minimum absolute atomic E-state index is 0.575. The van der Waals surface area contributed by atoms with Crippen molar-refractivity contribution in [2.24, 2.45) is 0 Å². The Bertz CT molecular complexity index is 439. The third-order valence-electron chi connectivity index (χ3n) is 2.35. The largest absolute Gasteiger partial charge is 0.324 e. The lowest BCUT2D eigenvalue weighted by molar-refractivity contribution is 0.111. The van der Waals surface area contributed by atoms with Crippen LogP contribution in [0.25, 0.3) is 0 Å². The van der Waals surface area contributed by atoms with E-state index in [2.05, 4.69) is 11.6 Å². The fourth-order valence-electron chi connectivity index (χ4n) is 1.30. The molecule has 0 aromatic carbocycles. The fraction of sp³-hybridized carbons (Fsp3) is 0.231. The van der Waals surface area contributed by atoms with Crippen molar-refractivity contribution in [1.82, 2.24) is 9.55 Å². The molecule has 0 aliphatic rings. The number of aldehydes is 1. The van der Waals surface area contributed by atoms with Crippen molar-refractivity contribution in [3.63, 3.8) is 0 Å². The maximum atomic E-state index is 10.7. The Morgan fingerprint density at radius 1 is 1.62 bits per heavy atom. The van der Waals surface area contributed by atoms with Crippen LogP contribution in [0.4, 0.5) is 0 Å². The van der Waals surface area contributed by atoms with Crippen molar-refractivity contribution in [2.75, 3.05) is 0 Å². The normalized spacial score (nSPS) is 12.6. The summed E-state index contributed by atoms with van der Waals surface area (Å²) in [6, 6.07) is 0. The van der Waals surface area contributed by atoms with Gasteiger partial charge in [-0.2, -0.15) is 0 Å². The molecule has 0 spiro atoms. The van der Waals surface area contributed by atoms with Crippen molar-refractivity contribution < 1.29 is 4.79 Å². The van der Waals surface area contributed by atoms with Gasteiger partial charge in [0.1, 0.15) is 5.69 Å². The molecular formula is C13H16N2O. The van der Waals surface area contributed by atoms with Gasteiger partial charge < -0.3 is 4.57 Å². The molecule has 0 atom stereocenters. The molecule has 84 valence electrons. The first kappa shape index (κ1) is 12.2. The highest BCUT2D eigenvalue weighted by molar-refractivity contribution is 5.71. The Hall–Kier alpha value is -1.90. The first-order valence-corrected chi connectivity index (χ1v) is 5.12. The summed E-state index contributed by atoms with van der Waals surface area (Å²) in [5.74, 6) is 0. The van der Waals surface area contributed by atoms with Gasteiger partial charge in [0.25, 0.3) is 0 Å². The summed E-state index contributed by atoms with van der Waals surface area (Å²) in [5.41, 5.74) is 2.80. The standard InChI is InChI=1S/C13H16N2O/c1-4-11(3)6-12(5-2)8-15-10-14-7-13(15)9-16/h4-7,9-10H,2,8H2,1,3H3/b11-4-,12-6+. The fourth-order valence-corrected chi connectivity index (χ4v) is 1.30. The monoisotopic (exact) mass is 216 g/mol. The Kier molecular flexibility index (Phi) is 4.45. The van der Waals surface area contributed by atoms with Crippen molar-refractivity contribution in [3.05, 3.63) is 54.2 Å². The van der Waals surface area contributed by atoms with Gasteiger partial charge in [0.05, 0.1) is 12.5 Å². The molecule has 16 heavy (non-hydrogen) atoms. The van der Waals surface area contributed by atoms with E-state index in [1.165, 1.54) is 5.57 Å². The zero-order valence-electron chi connectivity index (χ0n) is 9.68. The van der Waals surface area contributed by atoms with Gasteiger partial charge in [0, 0.05) is 6.54 Å². The summed E-state index contributed by atoms with van der Waals surface area (Å²) in [4.78, 5) is 14.7. The summed E-state index contributed by atoms with van der Waals surface area (Å²) in [6.45, 7) is 8.39. The van der Waals surface area contributed by atoms with Crippen molar-refractivity contribution in [1.29, 1.82) is 0 Å². The summed E-state index contributed by atoms with van der Waals surface area (Å²) in [5, 5.41) is 0. The van der Waals surface area contributed by atoms with Crippen LogP contribution in [-0.4, -0.2) is 15.8 Å². The summed E-state index contributed by atoms with van der Waals surface area (Å²) in [6.07, 6.45) is 9.86. The maximum Gasteiger partial charge on any atom is 0.168 e. The second kappa shape index (κ2) is 5.85. The Morgan fingerprint density at radius 2 is 2.38 bits per heavy atom. The average Bonchev–Trinajstić information content (AvgIpc) is 2.75. The van der Waals surface area contributed by atoms with Crippen LogP contribution in [0.1, 0.15) is 24.3 Å². The number of allylic oxidation sites excluding steroid dienone is 5. The van der Waals surface area contributed by atoms with E-state index in [0.29, 0.717) is 12.2 Å². The summed E-state index contributed by atoms with van der Waals surface area (Å²) < 4.78 is 1.80. The van der Waals surface area contributed by atoms with E-state index >= 15 is 0 Å². The van der Waals surface area contributed by atoms with E-state index in [1.54, 1.807) is 23.2 Å². The van der Waals surface area contributed by atoms with Crippen LogP contribution < -0.4 is 0 Å². The topological polar surface area (TPSA) is 34.9 Å². The van der Waals surface area contributed by atoms with Crippen LogP contribution in [-0.2, 0) is 6.54 Å². The van der Waals surface area contributed by atoms with Crippen molar-refractivity contribution in [2.45, 2.75) is 20.4 Å². The van der Waals surface area contributed by atoms with Crippen molar-refractivity contribution >= 4 is 6.29 Å². The minimum atomic E-state index is 0.575. The second-order valence-electron chi connectivity index (χ2n) is 3.52. The van der Waals surface area contributed by atoms with Crippen LogP contribution in [0.15, 0.2) is 48.5 Å². The SMILES string of the molecule is C=C/C(=C\C(C)=C/C)Cn1cncc1C=O. The molecule has 0 saturated heterocycles. The van der Waals surface area contributed by atoms with E-state index in [-0.39, 0.29) is 0 Å². The van der Waals surface area contributed by atoms with E-state index in [0.717, 1.165) is 11.9 Å². The van der Waals surface area contributed by atoms with E-state index in [1.807, 2.05) is 26.0 Å². The molecule has 0 bridgehead atoms. The number of hydrogen-bond donors (Lipinski definition) is 0. The van der Waals surface area contributed by atoms with Gasteiger partial charge in [-0.25, -0.2) is 4.98 Å². The molecule has 1 aromatic rings. The zero-order chi connectivity index (χ0) is 12.0. The van der Waals surface area contributed by atoms with Crippen molar-refractivity contribution in [3.8, 4) is 0 Å². The molecule has 3 heteroatoms. The highest BCUT2D eigenvalue weighted by Crippen LogP contribution is 2.08. The van der Waals surface area contributed by atoms with Gasteiger partial charge >= 0.3 is 0 Å². The van der Waals surface area contributed by atoms with Gasteiger partial charge in [-0.3, -0.25) is 4.79 Å². The quantitative estimate of drug-likeness (QED) is 0.560. The van der Waals surface area contributed by atoms with Crippen LogP contribution in [0.2, 0.25) is 0 Å². The number of aromatic nitrogens is 2. The smallest absolute Gasteiger partial charge is 0.168 e. The van der Waals surface area contributed by atoms with Gasteiger partial charge in [-0.05, 0) is 19.4 Å². The molecule has 1 aromatic heterocycles. The van der Waals surface area contributed by atoms with E-state index in [9.17, 15) is 4.79 Å². The van der Waals surface area contributed by atoms with Gasteiger partial charge in [0.2, 0.25) is 0 Å². The molecule has 0 radical (unpaired) electrons. The lowest BCUT2D eigenvalue weighted by Crippen LogP contribution is -2.02. The third-order valence-corrected chi connectivity index (χ3v) is 2.35. The molecule has 0 fully saturated rings. The molecule has 0 saturated carbocycles. The molecular weight excluding hydrogens is 200 g/mol. The number of carbonyl (C=O) groups is 1. The highest BCUT2D eigenvalue weighted by atomic mass is 16.1. The third kappa shape index (κ3) is 3.05. The molecule has 1 rings (SSSR count). The molecule has 1 heterocycles.